The third-order valence-corrected chi connectivity index (χ3v) is 4.44. The van der Waals surface area contributed by atoms with Crippen molar-refractivity contribution in [1.29, 1.82) is 0 Å². The van der Waals surface area contributed by atoms with Gasteiger partial charge in [-0.3, -0.25) is 4.79 Å². The van der Waals surface area contributed by atoms with Crippen molar-refractivity contribution in [2.24, 2.45) is 11.3 Å². The van der Waals surface area contributed by atoms with E-state index in [0.717, 1.165) is 19.5 Å². The van der Waals surface area contributed by atoms with Gasteiger partial charge in [0.05, 0.1) is 12.0 Å². The minimum absolute atomic E-state index is 0. The molecule has 1 amide bonds. The van der Waals surface area contributed by atoms with Crippen molar-refractivity contribution in [2.45, 2.75) is 25.7 Å². The first-order valence-corrected chi connectivity index (χ1v) is 6.66. The van der Waals surface area contributed by atoms with Crippen molar-refractivity contribution >= 4 is 18.3 Å². The van der Waals surface area contributed by atoms with Gasteiger partial charge in [-0.1, -0.05) is 12.8 Å². The first kappa shape index (κ1) is 15.7. The maximum atomic E-state index is 12.6. The number of methoxy groups -OCH3 is 1. The molecule has 0 spiro atoms. The van der Waals surface area contributed by atoms with Crippen LogP contribution in [0.25, 0.3) is 0 Å². The molecule has 2 fully saturated rings. The smallest absolute Gasteiger partial charge is 0.230 e. The Kier molecular flexibility index (Phi) is 5.89. The van der Waals surface area contributed by atoms with Crippen LogP contribution >= 0.6 is 12.4 Å². The van der Waals surface area contributed by atoms with Crippen molar-refractivity contribution in [3.8, 4) is 0 Å². The van der Waals surface area contributed by atoms with Gasteiger partial charge in [-0.2, -0.15) is 0 Å². The van der Waals surface area contributed by atoms with Gasteiger partial charge >= 0.3 is 0 Å². The number of fused-ring (bicyclic) bond motifs is 1. The number of hydrogen-bond donors (Lipinski definition) is 1. The van der Waals surface area contributed by atoms with Gasteiger partial charge in [0, 0.05) is 27.2 Å². The summed E-state index contributed by atoms with van der Waals surface area (Å²) in [5.74, 6) is 0.873. The summed E-state index contributed by atoms with van der Waals surface area (Å²) in [6, 6.07) is 0. The molecular weight excluding hydrogens is 252 g/mol. The van der Waals surface area contributed by atoms with E-state index in [1.54, 1.807) is 7.11 Å². The van der Waals surface area contributed by atoms with E-state index in [-0.39, 0.29) is 17.8 Å². The molecule has 0 aromatic rings. The molecule has 106 valence electrons. The second-order valence-corrected chi connectivity index (χ2v) is 5.45. The summed E-state index contributed by atoms with van der Waals surface area (Å²) in [4.78, 5) is 14.5. The number of ether oxygens (including phenoxy) is 1. The van der Waals surface area contributed by atoms with Crippen molar-refractivity contribution in [1.82, 2.24) is 10.2 Å². The van der Waals surface area contributed by atoms with Crippen LogP contribution in [0.2, 0.25) is 0 Å². The summed E-state index contributed by atoms with van der Waals surface area (Å²) in [6.45, 7) is 3.21. The van der Waals surface area contributed by atoms with Crippen LogP contribution in [0.15, 0.2) is 0 Å². The lowest BCUT2D eigenvalue weighted by Gasteiger charge is -2.39. The number of rotatable bonds is 4. The predicted octanol–water partition coefficient (Wildman–Crippen LogP) is 1.29. The summed E-state index contributed by atoms with van der Waals surface area (Å²) in [5.41, 5.74) is -0.110. The van der Waals surface area contributed by atoms with Crippen LogP contribution in [0.1, 0.15) is 25.7 Å². The maximum absolute atomic E-state index is 12.6. The summed E-state index contributed by atoms with van der Waals surface area (Å²) in [7, 11) is 3.58. The summed E-state index contributed by atoms with van der Waals surface area (Å²) in [6.07, 6.45) is 4.74. The van der Waals surface area contributed by atoms with E-state index in [0.29, 0.717) is 25.0 Å². The van der Waals surface area contributed by atoms with Crippen molar-refractivity contribution in [3.63, 3.8) is 0 Å². The highest BCUT2D eigenvalue weighted by Gasteiger charge is 2.50. The largest absolute Gasteiger partial charge is 0.383 e. The molecule has 2 atom stereocenters. The van der Waals surface area contributed by atoms with Crippen LogP contribution in [0.4, 0.5) is 0 Å². The maximum Gasteiger partial charge on any atom is 0.230 e. The van der Waals surface area contributed by atoms with E-state index in [2.05, 4.69) is 5.32 Å². The molecule has 1 saturated heterocycles. The number of carbonyl (C=O) groups excluding carboxylic acids is 1. The van der Waals surface area contributed by atoms with E-state index in [1.807, 2.05) is 11.9 Å². The predicted molar refractivity (Wildman–Crippen MR) is 74.0 cm³/mol. The first-order valence-electron chi connectivity index (χ1n) is 6.66. The second kappa shape index (κ2) is 6.73. The molecule has 0 unspecified atom stereocenters. The molecule has 4 nitrogen and oxygen atoms in total. The lowest BCUT2D eigenvalue weighted by molar-refractivity contribution is -0.144. The van der Waals surface area contributed by atoms with Crippen molar-refractivity contribution in [2.75, 3.05) is 40.4 Å². The third kappa shape index (κ3) is 2.81. The van der Waals surface area contributed by atoms with Gasteiger partial charge in [-0.05, 0) is 25.3 Å². The van der Waals surface area contributed by atoms with Gasteiger partial charge in [-0.25, -0.2) is 0 Å². The van der Waals surface area contributed by atoms with Crippen LogP contribution in [-0.4, -0.2) is 51.2 Å². The third-order valence-electron chi connectivity index (χ3n) is 4.44. The molecule has 2 rings (SSSR count). The molecule has 1 saturated carbocycles. The number of nitrogens with one attached hydrogen (secondary N) is 1. The van der Waals surface area contributed by atoms with Gasteiger partial charge in [0.15, 0.2) is 0 Å². The highest BCUT2D eigenvalue weighted by atomic mass is 35.5. The minimum Gasteiger partial charge on any atom is -0.383 e. The fourth-order valence-corrected chi connectivity index (χ4v) is 3.38. The Morgan fingerprint density at radius 1 is 1.50 bits per heavy atom. The zero-order valence-electron chi connectivity index (χ0n) is 11.4. The molecule has 1 aliphatic heterocycles. The number of carbonyl (C=O) groups is 1. The molecule has 5 heteroatoms. The monoisotopic (exact) mass is 276 g/mol. The summed E-state index contributed by atoms with van der Waals surface area (Å²) in [5, 5.41) is 3.42. The van der Waals surface area contributed by atoms with Gasteiger partial charge in [-0.15, -0.1) is 12.4 Å². The fourth-order valence-electron chi connectivity index (χ4n) is 3.38. The molecule has 1 heterocycles. The topological polar surface area (TPSA) is 41.6 Å². The SMILES string of the molecule is COCCN(C)C(=O)[C@@]12CCCC[C@H]1CNC2.Cl. The zero-order valence-corrected chi connectivity index (χ0v) is 12.2. The number of nitrogens with zero attached hydrogens (tertiary/aromatic N) is 1. The highest BCUT2D eigenvalue weighted by molar-refractivity contribution is 5.85. The van der Waals surface area contributed by atoms with Crippen LogP contribution in [-0.2, 0) is 9.53 Å². The Bertz CT molecular complexity index is 288. The van der Waals surface area contributed by atoms with Crippen LogP contribution in [0.3, 0.4) is 0 Å². The number of hydrogen-bond acceptors (Lipinski definition) is 3. The molecule has 1 N–H and O–H groups in total. The number of likely N-dealkylation sites (N-methyl/N-ethyl adjacent to an activating group) is 1. The molecule has 18 heavy (non-hydrogen) atoms. The van der Waals surface area contributed by atoms with E-state index in [9.17, 15) is 4.79 Å². The molecule has 2 aliphatic rings. The quantitative estimate of drug-likeness (QED) is 0.841. The standard InChI is InChI=1S/C13H24N2O2.ClH/c1-15(7-8-17-2)12(16)13-6-4-3-5-11(13)9-14-10-13;/h11,14H,3-10H2,1-2H3;1H/t11-,13+;/m0./s1. The molecule has 1 aliphatic carbocycles. The van der Waals surface area contributed by atoms with Gasteiger partial charge in [0.1, 0.15) is 0 Å². The Morgan fingerprint density at radius 3 is 3.00 bits per heavy atom. The number of amides is 1. The first-order chi connectivity index (χ1) is 8.20. The Hall–Kier alpha value is -0.320. The zero-order chi connectivity index (χ0) is 12.3. The second-order valence-electron chi connectivity index (χ2n) is 5.45. The van der Waals surface area contributed by atoms with Crippen molar-refractivity contribution < 1.29 is 9.53 Å². The Labute approximate surface area is 116 Å². The van der Waals surface area contributed by atoms with Crippen LogP contribution in [0, 0.1) is 11.3 Å². The van der Waals surface area contributed by atoms with Crippen LogP contribution < -0.4 is 5.32 Å². The van der Waals surface area contributed by atoms with Gasteiger partial charge < -0.3 is 15.0 Å². The van der Waals surface area contributed by atoms with E-state index < -0.39 is 0 Å². The van der Waals surface area contributed by atoms with Crippen molar-refractivity contribution in [3.05, 3.63) is 0 Å². The molecule has 0 aromatic heterocycles. The van der Waals surface area contributed by atoms with E-state index in [4.69, 9.17) is 4.74 Å². The van der Waals surface area contributed by atoms with Crippen LogP contribution in [0.5, 0.6) is 0 Å². The fraction of sp³-hybridized carbons (Fsp3) is 0.923. The normalized spacial score (nSPS) is 30.4. The molecule has 0 bridgehead atoms. The number of halogens is 1. The average molecular weight is 277 g/mol. The Balaban J connectivity index is 0.00000162. The molecular formula is C13H25ClN2O2. The van der Waals surface area contributed by atoms with E-state index >= 15 is 0 Å². The lowest BCUT2D eigenvalue weighted by atomic mass is 9.67. The van der Waals surface area contributed by atoms with Gasteiger partial charge in [0.25, 0.3) is 0 Å². The molecule has 0 radical (unpaired) electrons. The minimum atomic E-state index is -0.110. The lowest BCUT2D eigenvalue weighted by Crippen LogP contribution is -2.49. The Morgan fingerprint density at radius 2 is 2.28 bits per heavy atom. The summed E-state index contributed by atoms with van der Waals surface area (Å²) < 4.78 is 5.05. The highest BCUT2D eigenvalue weighted by Crippen LogP contribution is 2.44. The summed E-state index contributed by atoms with van der Waals surface area (Å²) >= 11 is 0. The molecule has 0 aromatic carbocycles. The van der Waals surface area contributed by atoms with E-state index in [1.165, 1.54) is 19.3 Å². The average Bonchev–Trinajstić information content (AvgIpc) is 2.79. The van der Waals surface area contributed by atoms with Gasteiger partial charge in [0.2, 0.25) is 5.91 Å².